The fraction of sp³-hybridized carbons (Fsp3) is 0.455. The van der Waals surface area contributed by atoms with Crippen LogP contribution >= 0.6 is 11.3 Å². The van der Waals surface area contributed by atoms with Gasteiger partial charge in [0.05, 0.1) is 0 Å². The van der Waals surface area contributed by atoms with Crippen LogP contribution < -0.4 is 15.6 Å². The molecule has 1 heterocycles. The molecule has 3 rings (SSSR count). The van der Waals surface area contributed by atoms with Gasteiger partial charge in [-0.3, -0.25) is 25.2 Å². The lowest BCUT2D eigenvalue weighted by Crippen LogP contribution is -2.45. The van der Waals surface area contributed by atoms with Gasteiger partial charge in [0.2, 0.25) is 5.91 Å². The summed E-state index contributed by atoms with van der Waals surface area (Å²) in [6.07, 6.45) is 3.67. The Balaban J connectivity index is 1.49. The van der Waals surface area contributed by atoms with E-state index < -0.39 is 15.9 Å². The van der Waals surface area contributed by atoms with Crippen LogP contribution in [-0.4, -0.2) is 20.2 Å². The fourth-order valence-corrected chi connectivity index (χ4v) is 5.88. The van der Waals surface area contributed by atoms with Crippen LogP contribution in [0.25, 0.3) is 0 Å². The molecule has 0 aliphatic heterocycles. The van der Waals surface area contributed by atoms with Crippen LogP contribution in [0.15, 0.2) is 46.0 Å². The second-order valence-electron chi connectivity index (χ2n) is 8.97. The largest absolute Gasteiger partial charge is 0.279 e. The highest BCUT2D eigenvalue weighted by Crippen LogP contribution is 2.39. The average Bonchev–Trinajstić information content (AvgIpc) is 3.27. The Morgan fingerprint density at radius 2 is 1.61 bits per heavy atom. The fourth-order valence-electron chi connectivity index (χ4n) is 3.83. The number of sulfonamides is 1. The second kappa shape index (κ2) is 9.40. The van der Waals surface area contributed by atoms with Crippen LogP contribution in [0.3, 0.4) is 0 Å². The number of carbonyl (C=O) groups excluding carboxylic acids is 2. The molecule has 9 heteroatoms. The molecule has 1 saturated carbocycles. The quantitative estimate of drug-likeness (QED) is 0.579. The van der Waals surface area contributed by atoms with Gasteiger partial charge >= 0.3 is 0 Å². The summed E-state index contributed by atoms with van der Waals surface area (Å²) in [4.78, 5) is 24.7. The summed E-state index contributed by atoms with van der Waals surface area (Å²) < 4.78 is 27.2. The molecule has 2 amide bonds. The number of benzene rings is 1. The molecule has 0 spiro atoms. The van der Waals surface area contributed by atoms with E-state index in [1.165, 1.54) is 30.3 Å². The van der Waals surface area contributed by atoms with E-state index in [0.717, 1.165) is 37.0 Å². The maximum absolute atomic E-state index is 12.4. The zero-order chi connectivity index (χ0) is 22.6. The highest BCUT2D eigenvalue weighted by Gasteiger charge is 2.32. The minimum Gasteiger partial charge on any atom is -0.279 e. The molecule has 0 bridgehead atoms. The summed E-state index contributed by atoms with van der Waals surface area (Å²) in [7, 11) is -3.64. The van der Waals surface area contributed by atoms with Gasteiger partial charge in [-0.2, -0.15) is 0 Å². The van der Waals surface area contributed by atoms with E-state index in [1.54, 1.807) is 11.4 Å². The summed E-state index contributed by atoms with van der Waals surface area (Å²) in [5.74, 6) is -0.0970. The predicted octanol–water partition coefficient (Wildman–Crippen LogP) is 4.16. The van der Waals surface area contributed by atoms with Gasteiger partial charge in [-0.25, -0.2) is 8.42 Å². The normalized spacial score (nSPS) is 19.5. The van der Waals surface area contributed by atoms with Gasteiger partial charge in [0.25, 0.3) is 15.9 Å². The molecule has 0 atom stereocenters. The molecule has 1 aromatic heterocycles. The lowest BCUT2D eigenvalue weighted by atomic mass is 9.70. The van der Waals surface area contributed by atoms with E-state index in [9.17, 15) is 18.0 Å². The first-order valence-corrected chi connectivity index (χ1v) is 12.7. The van der Waals surface area contributed by atoms with Crippen LogP contribution in [0.4, 0.5) is 5.69 Å². The van der Waals surface area contributed by atoms with Crippen LogP contribution in [0.1, 0.15) is 56.8 Å². The number of amides is 2. The average molecular weight is 464 g/mol. The Hall–Kier alpha value is -2.39. The van der Waals surface area contributed by atoms with E-state index in [0.29, 0.717) is 17.2 Å². The molecule has 1 aliphatic rings. The number of hydrogen-bond acceptors (Lipinski definition) is 5. The van der Waals surface area contributed by atoms with Crippen LogP contribution in [0.2, 0.25) is 0 Å². The van der Waals surface area contributed by atoms with Crippen molar-refractivity contribution in [1.29, 1.82) is 0 Å². The molecule has 2 aromatic rings. The van der Waals surface area contributed by atoms with Crippen molar-refractivity contribution in [3.05, 3.63) is 47.3 Å². The predicted molar refractivity (Wildman–Crippen MR) is 122 cm³/mol. The van der Waals surface area contributed by atoms with Crippen molar-refractivity contribution in [1.82, 2.24) is 10.9 Å². The Labute approximate surface area is 187 Å². The van der Waals surface area contributed by atoms with Crippen molar-refractivity contribution < 1.29 is 18.0 Å². The summed E-state index contributed by atoms with van der Waals surface area (Å²) in [6, 6.07) is 9.21. The minimum absolute atomic E-state index is 0.0899. The topological polar surface area (TPSA) is 104 Å². The number of hydrogen-bond donors (Lipinski definition) is 3. The van der Waals surface area contributed by atoms with Gasteiger partial charge in [-0.1, -0.05) is 26.8 Å². The number of carbonyl (C=O) groups is 2. The van der Waals surface area contributed by atoms with Gasteiger partial charge in [0, 0.05) is 17.2 Å². The molecule has 0 unspecified atom stereocenters. The monoisotopic (exact) mass is 463 g/mol. The Morgan fingerprint density at radius 1 is 0.968 bits per heavy atom. The van der Waals surface area contributed by atoms with Crippen molar-refractivity contribution in [3.63, 3.8) is 0 Å². The Kier molecular flexibility index (Phi) is 7.06. The van der Waals surface area contributed by atoms with Crippen LogP contribution in [0, 0.1) is 17.3 Å². The van der Waals surface area contributed by atoms with Crippen molar-refractivity contribution >= 4 is 38.9 Å². The molecule has 31 heavy (non-hydrogen) atoms. The maximum Gasteiger partial charge on any atom is 0.271 e. The zero-order valence-corrected chi connectivity index (χ0v) is 19.6. The van der Waals surface area contributed by atoms with E-state index in [-0.39, 0.29) is 21.4 Å². The number of nitrogens with one attached hydrogen (secondary N) is 3. The maximum atomic E-state index is 12.4. The zero-order valence-electron chi connectivity index (χ0n) is 18.0. The van der Waals surface area contributed by atoms with Crippen molar-refractivity contribution in [2.45, 2.75) is 50.7 Å². The molecule has 1 aliphatic carbocycles. The van der Waals surface area contributed by atoms with E-state index in [4.69, 9.17) is 0 Å². The first kappa shape index (κ1) is 23.3. The molecule has 3 N–H and O–H groups in total. The molecule has 0 saturated heterocycles. The molecular weight excluding hydrogens is 434 g/mol. The number of thiophene rings is 1. The number of hydrazine groups is 1. The summed E-state index contributed by atoms with van der Waals surface area (Å²) in [6.45, 7) is 6.70. The SMILES string of the molecule is CC(C)(C)C1CCC(C(=O)NNC(=O)c2ccc(NS(=O)(=O)c3cccs3)cc2)CC1. The van der Waals surface area contributed by atoms with Gasteiger partial charge in [0.15, 0.2) is 0 Å². The molecule has 1 fully saturated rings. The van der Waals surface area contributed by atoms with Crippen molar-refractivity contribution in [2.75, 3.05) is 4.72 Å². The van der Waals surface area contributed by atoms with Crippen LogP contribution in [-0.2, 0) is 14.8 Å². The van der Waals surface area contributed by atoms with E-state index >= 15 is 0 Å². The highest BCUT2D eigenvalue weighted by atomic mass is 32.2. The summed E-state index contributed by atoms with van der Waals surface area (Å²) in [5, 5.41) is 1.69. The third-order valence-corrected chi connectivity index (χ3v) is 8.56. The summed E-state index contributed by atoms with van der Waals surface area (Å²) >= 11 is 1.12. The first-order valence-electron chi connectivity index (χ1n) is 10.3. The molecule has 168 valence electrons. The second-order valence-corrected chi connectivity index (χ2v) is 11.8. The lowest BCUT2D eigenvalue weighted by molar-refractivity contribution is -0.127. The Bertz CT molecular complexity index is 1000. The third-order valence-electron chi connectivity index (χ3n) is 5.78. The van der Waals surface area contributed by atoms with Gasteiger partial charge in [0.1, 0.15) is 4.21 Å². The first-order chi connectivity index (χ1) is 14.6. The molecule has 7 nitrogen and oxygen atoms in total. The van der Waals surface area contributed by atoms with Gasteiger partial charge in [-0.05, 0) is 72.7 Å². The number of rotatable bonds is 5. The third kappa shape index (κ3) is 6.07. The van der Waals surface area contributed by atoms with Crippen LogP contribution in [0.5, 0.6) is 0 Å². The molecule has 1 aromatic carbocycles. The number of anilines is 1. The van der Waals surface area contributed by atoms with Crippen molar-refractivity contribution in [3.8, 4) is 0 Å². The molecule has 0 radical (unpaired) electrons. The van der Waals surface area contributed by atoms with E-state index in [2.05, 4.69) is 36.3 Å². The summed E-state index contributed by atoms with van der Waals surface area (Å²) in [5.41, 5.74) is 5.90. The minimum atomic E-state index is -3.64. The van der Waals surface area contributed by atoms with Crippen molar-refractivity contribution in [2.24, 2.45) is 17.3 Å². The smallest absolute Gasteiger partial charge is 0.271 e. The highest BCUT2D eigenvalue weighted by molar-refractivity contribution is 7.94. The lowest BCUT2D eigenvalue weighted by Gasteiger charge is -2.36. The van der Waals surface area contributed by atoms with Gasteiger partial charge in [-0.15, -0.1) is 11.3 Å². The van der Waals surface area contributed by atoms with E-state index in [1.807, 2.05) is 0 Å². The standard InChI is InChI=1S/C22H29N3O4S2/c1-22(2,3)17-10-6-15(7-11-17)20(26)23-24-21(27)16-8-12-18(13-9-16)25-31(28,29)19-5-4-14-30-19/h4-5,8-9,12-15,17,25H,6-7,10-11H2,1-3H3,(H,23,26)(H,24,27). The molecular formula is C22H29N3O4S2. The Morgan fingerprint density at radius 3 is 2.16 bits per heavy atom. The van der Waals surface area contributed by atoms with Gasteiger partial charge < -0.3 is 0 Å².